The van der Waals surface area contributed by atoms with Crippen molar-refractivity contribution in [1.82, 2.24) is 20.2 Å². The van der Waals surface area contributed by atoms with Gasteiger partial charge in [-0.15, -0.1) is 5.10 Å². The first-order chi connectivity index (χ1) is 7.33. The van der Waals surface area contributed by atoms with Gasteiger partial charge < -0.3 is 5.11 Å². The van der Waals surface area contributed by atoms with Crippen LogP contribution < -0.4 is 0 Å². The molecule has 0 saturated carbocycles. The van der Waals surface area contributed by atoms with E-state index >= 15 is 0 Å². The summed E-state index contributed by atoms with van der Waals surface area (Å²) in [6.07, 6.45) is 0.293. The SMILES string of the molecule is OCCc1nnnn1-c1ccccc1F. The van der Waals surface area contributed by atoms with Crippen LogP contribution in [-0.4, -0.2) is 31.9 Å². The van der Waals surface area contributed by atoms with Gasteiger partial charge in [-0.05, 0) is 22.6 Å². The maximum Gasteiger partial charge on any atom is 0.159 e. The maximum absolute atomic E-state index is 13.4. The van der Waals surface area contributed by atoms with Crippen LogP contribution in [0, 0.1) is 5.82 Å². The third-order valence-corrected chi connectivity index (χ3v) is 1.95. The molecule has 2 aromatic rings. The van der Waals surface area contributed by atoms with Crippen molar-refractivity contribution in [3.63, 3.8) is 0 Å². The van der Waals surface area contributed by atoms with Gasteiger partial charge in [0.25, 0.3) is 0 Å². The zero-order valence-electron chi connectivity index (χ0n) is 7.84. The molecular weight excluding hydrogens is 199 g/mol. The number of rotatable bonds is 3. The summed E-state index contributed by atoms with van der Waals surface area (Å²) in [5, 5.41) is 19.6. The highest BCUT2D eigenvalue weighted by atomic mass is 19.1. The Hall–Kier alpha value is -1.82. The van der Waals surface area contributed by atoms with E-state index in [9.17, 15) is 4.39 Å². The molecule has 0 saturated heterocycles. The molecule has 0 aliphatic carbocycles. The van der Waals surface area contributed by atoms with Crippen molar-refractivity contribution in [2.45, 2.75) is 6.42 Å². The zero-order chi connectivity index (χ0) is 10.7. The molecule has 0 aliphatic rings. The van der Waals surface area contributed by atoms with Gasteiger partial charge in [0.2, 0.25) is 0 Å². The van der Waals surface area contributed by atoms with Crippen LogP contribution in [0.1, 0.15) is 5.82 Å². The predicted molar refractivity (Wildman–Crippen MR) is 49.9 cm³/mol. The Labute approximate surface area is 85.2 Å². The van der Waals surface area contributed by atoms with Gasteiger partial charge in [0, 0.05) is 6.42 Å². The molecule has 5 nitrogen and oxygen atoms in total. The second-order valence-electron chi connectivity index (χ2n) is 2.93. The minimum atomic E-state index is -0.399. The van der Waals surface area contributed by atoms with Crippen molar-refractivity contribution in [3.05, 3.63) is 35.9 Å². The highest BCUT2D eigenvalue weighted by Crippen LogP contribution is 2.12. The lowest BCUT2D eigenvalue weighted by atomic mass is 10.3. The molecule has 0 atom stereocenters. The Bertz CT molecular complexity index is 457. The Morgan fingerprint density at radius 3 is 2.87 bits per heavy atom. The molecule has 0 radical (unpaired) electrons. The molecule has 1 aromatic carbocycles. The van der Waals surface area contributed by atoms with Crippen molar-refractivity contribution in [3.8, 4) is 5.69 Å². The normalized spacial score (nSPS) is 10.5. The van der Waals surface area contributed by atoms with Crippen LogP contribution in [0.2, 0.25) is 0 Å². The summed E-state index contributed by atoms with van der Waals surface area (Å²) < 4.78 is 14.7. The fourth-order valence-corrected chi connectivity index (χ4v) is 1.27. The Kier molecular flexibility index (Phi) is 2.68. The van der Waals surface area contributed by atoms with E-state index < -0.39 is 5.82 Å². The van der Waals surface area contributed by atoms with Crippen molar-refractivity contribution in [1.29, 1.82) is 0 Å². The van der Waals surface area contributed by atoms with Crippen molar-refractivity contribution in [2.24, 2.45) is 0 Å². The maximum atomic E-state index is 13.4. The fourth-order valence-electron chi connectivity index (χ4n) is 1.27. The van der Waals surface area contributed by atoms with E-state index in [0.717, 1.165) is 0 Å². The van der Waals surface area contributed by atoms with Crippen LogP contribution in [0.15, 0.2) is 24.3 Å². The van der Waals surface area contributed by atoms with Gasteiger partial charge in [0.15, 0.2) is 5.82 Å². The molecule has 1 N–H and O–H groups in total. The summed E-state index contributed by atoms with van der Waals surface area (Å²) in [6.45, 7) is -0.0746. The highest BCUT2D eigenvalue weighted by Gasteiger charge is 2.10. The van der Waals surface area contributed by atoms with Crippen LogP contribution >= 0.6 is 0 Å². The first-order valence-corrected chi connectivity index (χ1v) is 4.46. The number of tetrazole rings is 1. The lowest BCUT2D eigenvalue weighted by molar-refractivity contribution is 0.295. The Morgan fingerprint density at radius 1 is 1.33 bits per heavy atom. The third kappa shape index (κ3) is 1.84. The third-order valence-electron chi connectivity index (χ3n) is 1.95. The number of para-hydroxylation sites is 1. The summed E-state index contributed by atoms with van der Waals surface area (Å²) in [4.78, 5) is 0. The van der Waals surface area contributed by atoms with Gasteiger partial charge >= 0.3 is 0 Å². The average molecular weight is 208 g/mol. The van der Waals surface area contributed by atoms with Gasteiger partial charge in [0.1, 0.15) is 11.5 Å². The second-order valence-corrected chi connectivity index (χ2v) is 2.93. The van der Waals surface area contributed by atoms with E-state index in [-0.39, 0.29) is 12.3 Å². The topological polar surface area (TPSA) is 63.8 Å². The number of benzene rings is 1. The monoisotopic (exact) mass is 208 g/mol. The molecule has 2 rings (SSSR count). The quantitative estimate of drug-likeness (QED) is 0.789. The minimum absolute atomic E-state index is 0.0746. The summed E-state index contributed by atoms with van der Waals surface area (Å²) in [6, 6.07) is 6.20. The number of hydrogen-bond donors (Lipinski definition) is 1. The smallest absolute Gasteiger partial charge is 0.159 e. The second kappa shape index (κ2) is 4.14. The summed E-state index contributed by atoms with van der Waals surface area (Å²) in [5.41, 5.74) is 0.283. The van der Waals surface area contributed by atoms with Gasteiger partial charge in [-0.1, -0.05) is 12.1 Å². The van der Waals surface area contributed by atoms with E-state index in [1.54, 1.807) is 18.2 Å². The molecule has 0 spiro atoms. The van der Waals surface area contributed by atoms with Gasteiger partial charge in [-0.25, -0.2) is 4.39 Å². The van der Waals surface area contributed by atoms with Crippen molar-refractivity contribution >= 4 is 0 Å². The Morgan fingerprint density at radius 2 is 2.13 bits per heavy atom. The summed E-state index contributed by atoms with van der Waals surface area (Å²) >= 11 is 0. The lowest BCUT2D eigenvalue weighted by Crippen LogP contribution is -2.06. The van der Waals surface area contributed by atoms with Crippen molar-refractivity contribution in [2.75, 3.05) is 6.61 Å². The van der Waals surface area contributed by atoms with Crippen LogP contribution in [0.3, 0.4) is 0 Å². The van der Waals surface area contributed by atoms with E-state index in [1.165, 1.54) is 10.7 Å². The number of aromatic nitrogens is 4. The Balaban J connectivity index is 2.45. The first kappa shape index (κ1) is 9.72. The molecule has 1 heterocycles. The molecule has 6 heteroatoms. The average Bonchev–Trinajstić information content (AvgIpc) is 2.67. The molecule has 0 amide bonds. The van der Waals surface area contributed by atoms with Crippen LogP contribution in [0.5, 0.6) is 0 Å². The van der Waals surface area contributed by atoms with E-state index in [4.69, 9.17) is 5.11 Å². The van der Waals surface area contributed by atoms with Crippen LogP contribution in [0.4, 0.5) is 4.39 Å². The van der Waals surface area contributed by atoms with Crippen molar-refractivity contribution < 1.29 is 9.50 Å². The van der Waals surface area contributed by atoms with E-state index in [0.29, 0.717) is 12.2 Å². The number of aliphatic hydroxyl groups is 1. The molecule has 1 aromatic heterocycles. The molecule has 0 bridgehead atoms. The van der Waals surface area contributed by atoms with Crippen LogP contribution in [-0.2, 0) is 6.42 Å². The molecule has 0 fully saturated rings. The molecule has 15 heavy (non-hydrogen) atoms. The van der Waals surface area contributed by atoms with Crippen LogP contribution in [0.25, 0.3) is 5.69 Å². The molecular formula is C9H9FN4O. The molecule has 78 valence electrons. The summed E-state index contributed by atoms with van der Waals surface area (Å²) in [7, 11) is 0. The molecule has 0 unspecified atom stereocenters. The standard InChI is InChI=1S/C9H9FN4O/c10-7-3-1-2-4-8(7)14-9(5-6-15)11-12-13-14/h1-4,15H,5-6H2. The van der Waals surface area contributed by atoms with Gasteiger partial charge in [-0.3, -0.25) is 0 Å². The lowest BCUT2D eigenvalue weighted by Gasteiger charge is -2.03. The number of halogens is 1. The highest BCUT2D eigenvalue weighted by molar-refractivity contribution is 5.32. The predicted octanol–water partition coefficient (Wildman–Crippen LogP) is 0.336. The first-order valence-electron chi connectivity index (χ1n) is 4.46. The number of aliphatic hydroxyl groups excluding tert-OH is 1. The zero-order valence-corrected chi connectivity index (χ0v) is 7.84. The summed E-state index contributed by atoms with van der Waals surface area (Å²) in [5.74, 6) is 0.0339. The number of hydrogen-bond acceptors (Lipinski definition) is 4. The van der Waals surface area contributed by atoms with Gasteiger partial charge in [0.05, 0.1) is 6.61 Å². The fraction of sp³-hybridized carbons (Fsp3) is 0.222. The minimum Gasteiger partial charge on any atom is -0.396 e. The van der Waals surface area contributed by atoms with E-state index in [1.807, 2.05) is 0 Å². The number of nitrogens with zero attached hydrogens (tertiary/aromatic N) is 4. The largest absolute Gasteiger partial charge is 0.396 e. The van der Waals surface area contributed by atoms with Gasteiger partial charge in [-0.2, -0.15) is 4.68 Å². The van der Waals surface area contributed by atoms with E-state index in [2.05, 4.69) is 15.5 Å². The molecule has 0 aliphatic heterocycles.